The number of halogens is 1. The highest BCUT2D eigenvalue weighted by Gasteiger charge is 2.30. The monoisotopic (exact) mass is 385 g/mol. The third-order valence-electron chi connectivity index (χ3n) is 4.83. The summed E-state index contributed by atoms with van der Waals surface area (Å²) >= 11 is 0. The van der Waals surface area contributed by atoms with Gasteiger partial charge in [0.15, 0.2) is 0 Å². The Morgan fingerprint density at radius 3 is 2.41 bits per heavy atom. The molecule has 144 valence electrons. The van der Waals surface area contributed by atoms with E-state index < -0.39 is 0 Å². The van der Waals surface area contributed by atoms with Crippen LogP contribution in [0.4, 0.5) is 0 Å². The number of carbonyl (C=O) groups is 1. The molecule has 1 aliphatic heterocycles. The molecule has 4 heteroatoms. The van der Waals surface area contributed by atoms with E-state index in [9.17, 15) is 4.79 Å². The summed E-state index contributed by atoms with van der Waals surface area (Å²) in [6, 6.07) is 20.0. The molecule has 0 fully saturated rings. The van der Waals surface area contributed by atoms with Crippen LogP contribution in [0.25, 0.3) is 5.57 Å². The molecule has 1 aliphatic rings. The van der Waals surface area contributed by atoms with Crippen molar-refractivity contribution >= 4 is 23.9 Å². The zero-order valence-corrected chi connectivity index (χ0v) is 16.7. The third kappa shape index (κ3) is 5.95. The molecule has 0 radical (unpaired) electrons. The van der Waals surface area contributed by atoms with Gasteiger partial charge in [-0.3, -0.25) is 9.69 Å². The van der Waals surface area contributed by atoms with Crippen molar-refractivity contribution < 1.29 is 9.53 Å². The van der Waals surface area contributed by atoms with Crippen molar-refractivity contribution in [2.45, 2.75) is 26.4 Å². The Bertz CT molecular complexity index is 731. The first kappa shape index (κ1) is 21.2. The van der Waals surface area contributed by atoms with Crippen molar-refractivity contribution in [3.8, 4) is 0 Å². The average molecular weight is 386 g/mol. The van der Waals surface area contributed by atoms with Crippen LogP contribution >= 0.6 is 12.4 Å². The SMILES string of the molecule is CCCCN1CC=C(c2ccccc2)C(C(=O)OCc2ccccc2)C1.Cl. The predicted octanol–water partition coefficient (Wildman–Crippen LogP) is 4.97. The Hall–Kier alpha value is -2.10. The minimum Gasteiger partial charge on any atom is -0.460 e. The second-order valence-electron chi connectivity index (χ2n) is 6.78. The van der Waals surface area contributed by atoms with E-state index in [1.54, 1.807) is 0 Å². The molecule has 1 atom stereocenters. The summed E-state index contributed by atoms with van der Waals surface area (Å²) in [6.45, 7) is 5.17. The Labute approximate surface area is 168 Å². The van der Waals surface area contributed by atoms with E-state index in [1.807, 2.05) is 48.5 Å². The second kappa shape index (κ2) is 10.9. The molecule has 0 amide bonds. The molecule has 0 aromatic heterocycles. The van der Waals surface area contributed by atoms with Gasteiger partial charge >= 0.3 is 5.97 Å². The molecule has 27 heavy (non-hydrogen) atoms. The lowest BCUT2D eigenvalue weighted by molar-refractivity contribution is -0.148. The number of unbranched alkanes of at least 4 members (excludes halogenated alkanes) is 1. The van der Waals surface area contributed by atoms with E-state index >= 15 is 0 Å². The summed E-state index contributed by atoms with van der Waals surface area (Å²) in [5.74, 6) is -0.364. The number of benzene rings is 2. The summed E-state index contributed by atoms with van der Waals surface area (Å²) in [7, 11) is 0. The first-order chi connectivity index (χ1) is 12.8. The maximum absolute atomic E-state index is 12.9. The van der Waals surface area contributed by atoms with Gasteiger partial charge in [-0.15, -0.1) is 12.4 Å². The van der Waals surface area contributed by atoms with Crippen molar-refractivity contribution in [2.24, 2.45) is 5.92 Å². The zero-order chi connectivity index (χ0) is 18.2. The van der Waals surface area contributed by atoms with Crippen molar-refractivity contribution in [1.29, 1.82) is 0 Å². The molecule has 0 aliphatic carbocycles. The van der Waals surface area contributed by atoms with E-state index in [4.69, 9.17) is 4.74 Å². The maximum atomic E-state index is 12.9. The second-order valence-corrected chi connectivity index (χ2v) is 6.78. The fraction of sp³-hybridized carbons (Fsp3) is 0.348. The molecule has 3 nitrogen and oxygen atoms in total. The van der Waals surface area contributed by atoms with Gasteiger partial charge in [-0.25, -0.2) is 0 Å². The molecule has 1 unspecified atom stereocenters. The molecule has 3 rings (SSSR count). The number of hydrogen-bond acceptors (Lipinski definition) is 3. The van der Waals surface area contributed by atoms with Crippen molar-refractivity contribution in [3.63, 3.8) is 0 Å². The molecular formula is C23H28ClNO2. The minimum absolute atomic E-state index is 0. The van der Waals surface area contributed by atoms with Crippen molar-refractivity contribution in [1.82, 2.24) is 4.90 Å². The van der Waals surface area contributed by atoms with Crippen LogP contribution in [0.2, 0.25) is 0 Å². The number of carbonyl (C=O) groups excluding carboxylic acids is 1. The quantitative estimate of drug-likeness (QED) is 0.630. The average Bonchev–Trinajstić information content (AvgIpc) is 2.71. The van der Waals surface area contributed by atoms with E-state index in [0.717, 1.165) is 49.2 Å². The van der Waals surface area contributed by atoms with Crippen molar-refractivity contribution in [2.75, 3.05) is 19.6 Å². The van der Waals surface area contributed by atoms with Crippen LogP contribution in [0, 0.1) is 5.92 Å². The molecular weight excluding hydrogens is 358 g/mol. The number of rotatable bonds is 7. The highest BCUT2D eigenvalue weighted by Crippen LogP contribution is 2.29. The third-order valence-corrected chi connectivity index (χ3v) is 4.83. The lowest BCUT2D eigenvalue weighted by Crippen LogP contribution is -2.39. The molecule has 2 aromatic rings. The van der Waals surface area contributed by atoms with Crippen LogP contribution in [0.3, 0.4) is 0 Å². The molecule has 0 N–H and O–H groups in total. The maximum Gasteiger partial charge on any atom is 0.315 e. The van der Waals surface area contributed by atoms with Gasteiger partial charge in [0.05, 0.1) is 5.92 Å². The Morgan fingerprint density at radius 1 is 1.07 bits per heavy atom. The van der Waals surface area contributed by atoms with Gasteiger partial charge in [-0.1, -0.05) is 80.1 Å². The normalized spacial score (nSPS) is 16.9. The fourth-order valence-electron chi connectivity index (χ4n) is 3.35. The first-order valence-electron chi connectivity index (χ1n) is 9.46. The van der Waals surface area contributed by atoms with Crippen LogP contribution < -0.4 is 0 Å². The molecule has 0 saturated carbocycles. The molecule has 1 heterocycles. The van der Waals surface area contributed by atoms with Gasteiger partial charge in [0.25, 0.3) is 0 Å². The summed E-state index contributed by atoms with van der Waals surface area (Å²) in [5.41, 5.74) is 3.23. The topological polar surface area (TPSA) is 29.5 Å². The number of ether oxygens (including phenoxy) is 1. The summed E-state index contributed by atoms with van der Waals surface area (Å²) in [4.78, 5) is 15.2. The summed E-state index contributed by atoms with van der Waals surface area (Å²) < 4.78 is 5.67. The van der Waals surface area contributed by atoms with E-state index in [-0.39, 0.29) is 24.3 Å². The first-order valence-corrected chi connectivity index (χ1v) is 9.46. The molecule has 0 bridgehead atoms. The van der Waals surface area contributed by atoms with Gasteiger partial charge in [-0.05, 0) is 29.7 Å². The van der Waals surface area contributed by atoms with Gasteiger partial charge in [-0.2, -0.15) is 0 Å². The Balaban J connectivity index is 0.00000261. The van der Waals surface area contributed by atoms with Gasteiger partial charge < -0.3 is 4.74 Å². The van der Waals surface area contributed by atoms with Crippen LogP contribution in [0.15, 0.2) is 66.7 Å². The number of nitrogens with zero attached hydrogens (tertiary/aromatic N) is 1. The zero-order valence-electron chi connectivity index (χ0n) is 15.8. The Kier molecular flexibility index (Phi) is 8.56. The summed E-state index contributed by atoms with van der Waals surface area (Å²) in [6.07, 6.45) is 4.51. The number of hydrogen-bond donors (Lipinski definition) is 0. The predicted molar refractivity (Wildman–Crippen MR) is 113 cm³/mol. The molecule has 0 saturated heterocycles. The lowest BCUT2D eigenvalue weighted by atomic mass is 9.89. The van der Waals surface area contributed by atoms with Gasteiger partial charge in [0.2, 0.25) is 0 Å². The highest BCUT2D eigenvalue weighted by atomic mass is 35.5. The van der Waals surface area contributed by atoms with Crippen LogP contribution in [-0.4, -0.2) is 30.5 Å². The van der Waals surface area contributed by atoms with Crippen molar-refractivity contribution in [3.05, 3.63) is 77.9 Å². The Morgan fingerprint density at radius 2 is 1.74 bits per heavy atom. The summed E-state index contributed by atoms with van der Waals surface area (Å²) in [5, 5.41) is 0. The number of esters is 1. The smallest absolute Gasteiger partial charge is 0.315 e. The molecule has 0 spiro atoms. The van der Waals surface area contributed by atoms with Gasteiger partial charge in [0, 0.05) is 13.1 Å². The standard InChI is InChI=1S/C23H27NO2.ClH/c1-2-3-15-24-16-14-21(20-12-8-5-9-13-20)22(17-24)23(25)26-18-19-10-6-4-7-11-19;/h4-14,22H,2-3,15-18H2,1H3;1H. The van der Waals surface area contributed by atoms with E-state index in [1.165, 1.54) is 0 Å². The van der Waals surface area contributed by atoms with Crippen LogP contribution in [0.5, 0.6) is 0 Å². The van der Waals surface area contributed by atoms with E-state index in [0.29, 0.717) is 6.61 Å². The highest BCUT2D eigenvalue weighted by molar-refractivity contribution is 5.89. The molecule has 2 aromatic carbocycles. The minimum atomic E-state index is -0.230. The largest absolute Gasteiger partial charge is 0.460 e. The van der Waals surface area contributed by atoms with Crippen LogP contribution in [-0.2, 0) is 16.1 Å². The van der Waals surface area contributed by atoms with Crippen LogP contribution in [0.1, 0.15) is 30.9 Å². The lowest BCUT2D eigenvalue weighted by Gasteiger charge is -2.32. The fourth-order valence-corrected chi connectivity index (χ4v) is 3.35. The van der Waals surface area contributed by atoms with Gasteiger partial charge in [0.1, 0.15) is 6.61 Å². The van der Waals surface area contributed by atoms with E-state index in [2.05, 4.69) is 30.0 Å².